The van der Waals surface area contributed by atoms with Gasteiger partial charge in [-0.3, -0.25) is 19.4 Å². The highest BCUT2D eigenvalue weighted by Gasteiger charge is 2.44. The van der Waals surface area contributed by atoms with Crippen molar-refractivity contribution in [2.24, 2.45) is 35.3 Å². The van der Waals surface area contributed by atoms with E-state index in [2.05, 4.69) is 63.2 Å². The van der Waals surface area contributed by atoms with Crippen molar-refractivity contribution in [1.29, 1.82) is 0 Å². The van der Waals surface area contributed by atoms with Gasteiger partial charge in [0.25, 0.3) is 5.91 Å². The van der Waals surface area contributed by atoms with Crippen LogP contribution in [0.3, 0.4) is 0 Å². The van der Waals surface area contributed by atoms with Crippen LogP contribution in [-0.2, 0) is 30.0 Å². The second kappa shape index (κ2) is 25.3. The zero-order valence-electron chi connectivity index (χ0n) is 41.1. The topological polar surface area (TPSA) is 171 Å². The fourth-order valence-electron chi connectivity index (χ4n) is 7.13. The van der Waals surface area contributed by atoms with Crippen molar-refractivity contribution in [2.45, 2.75) is 151 Å². The Bertz CT molecular complexity index is 1550. The first-order valence-electron chi connectivity index (χ1n) is 22.9. The number of ether oxygens (including phenoxy) is 4. The predicted molar refractivity (Wildman–Crippen MR) is 249 cm³/mol. The summed E-state index contributed by atoms with van der Waals surface area (Å²) in [6.45, 7) is 33.5. The Morgan fingerprint density at radius 2 is 1.55 bits per heavy atom. The molecule has 2 rings (SSSR count). The molecule has 1 aliphatic rings. The number of benzene rings is 1. The minimum absolute atomic E-state index is 0.0127. The average Bonchev–Trinajstić information content (AvgIpc) is 3.15. The summed E-state index contributed by atoms with van der Waals surface area (Å²) < 4.78 is 30.1. The van der Waals surface area contributed by atoms with Crippen LogP contribution in [0, 0.1) is 29.6 Å². The number of rotatable bonds is 24. The number of amides is 5. The van der Waals surface area contributed by atoms with Crippen molar-refractivity contribution in [3.05, 3.63) is 29.3 Å². The molecular weight excluding hydrogens is 807 g/mol. The minimum Gasteiger partial charge on any atom is -0.493 e. The summed E-state index contributed by atoms with van der Waals surface area (Å²) >= 11 is 0. The van der Waals surface area contributed by atoms with Crippen LogP contribution in [0.15, 0.2) is 18.2 Å². The molecule has 0 aromatic heterocycles. The summed E-state index contributed by atoms with van der Waals surface area (Å²) in [5, 5.41) is 6.18. The normalized spacial score (nSPS) is 16.2. The summed E-state index contributed by atoms with van der Waals surface area (Å²) in [4.78, 5) is 58.3. The third-order valence-corrected chi connectivity index (χ3v) is 16.4. The van der Waals surface area contributed by atoms with E-state index in [0.717, 1.165) is 42.9 Å². The number of primary amides is 1. The third kappa shape index (κ3) is 18.8. The zero-order valence-corrected chi connectivity index (χ0v) is 42.1. The van der Waals surface area contributed by atoms with Crippen LogP contribution in [0.1, 0.15) is 125 Å². The van der Waals surface area contributed by atoms with Gasteiger partial charge >= 0.3 is 12.1 Å². The summed E-state index contributed by atoms with van der Waals surface area (Å²) in [5.41, 5.74) is 6.54. The number of carbonyl (C=O) groups is 4. The fraction of sp³-hybridized carbons (Fsp3) is 0.787. The van der Waals surface area contributed by atoms with Crippen molar-refractivity contribution in [1.82, 2.24) is 20.4 Å². The number of urea groups is 1. The number of carbonyl (C=O) groups excluding carboxylic acids is 4. The molecule has 1 fully saturated rings. The highest BCUT2D eigenvalue weighted by molar-refractivity contribution is 6.74. The molecule has 5 amide bonds. The van der Waals surface area contributed by atoms with Crippen molar-refractivity contribution in [2.75, 3.05) is 59.7 Å². The van der Waals surface area contributed by atoms with Crippen LogP contribution in [0.4, 0.5) is 9.59 Å². The van der Waals surface area contributed by atoms with Gasteiger partial charge in [-0.05, 0) is 106 Å². The molecule has 0 spiro atoms. The summed E-state index contributed by atoms with van der Waals surface area (Å²) in [6, 6.07) is 4.38. The molecule has 4 unspecified atom stereocenters. The molecule has 0 radical (unpaired) electrons. The van der Waals surface area contributed by atoms with Crippen molar-refractivity contribution < 1.29 is 42.6 Å². The average molecular weight is 892 g/mol. The maximum Gasteiger partial charge on any atom is 0.407 e. The molecule has 14 nitrogen and oxygen atoms in total. The Morgan fingerprint density at radius 1 is 0.919 bits per heavy atom. The number of hydrogen-bond donors (Lipinski definition) is 3. The van der Waals surface area contributed by atoms with Crippen LogP contribution in [0.5, 0.6) is 5.75 Å². The van der Waals surface area contributed by atoms with Crippen LogP contribution in [0.25, 0.3) is 0 Å². The summed E-state index contributed by atoms with van der Waals surface area (Å²) in [7, 11) is -0.874. The van der Waals surface area contributed by atoms with E-state index >= 15 is 0 Å². The second-order valence-corrected chi connectivity index (χ2v) is 25.4. The largest absolute Gasteiger partial charge is 0.493 e. The molecule has 0 aliphatic carbocycles. The molecule has 1 saturated heterocycles. The van der Waals surface area contributed by atoms with E-state index in [1.807, 2.05) is 66.7 Å². The lowest BCUT2D eigenvalue weighted by atomic mass is 9.82. The van der Waals surface area contributed by atoms with Gasteiger partial charge in [-0.2, -0.15) is 0 Å². The Morgan fingerprint density at radius 3 is 2.08 bits per heavy atom. The maximum absolute atomic E-state index is 14.3. The Labute approximate surface area is 375 Å². The summed E-state index contributed by atoms with van der Waals surface area (Å²) in [5.74, 6) is -0.964. The van der Waals surface area contributed by atoms with E-state index in [9.17, 15) is 19.2 Å². The van der Waals surface area contributed by atoms with Gasteiger partial charge in [-0.1, -0.05) is 68.4 Å². The van der Waals surface area contributed by atoms with E-state index in [0.29, 0.717) is 50.7 Å². The first-order chi connectivity index (χ1) is 28.8. The van der Waals surface area contributed by atoms with Crippen LogP contribution in [0.2, 0.25) is 18.1 Å². The quantitative estimate of drug-likeness (QED) is 0.0679. The van der Waals surface area contributed by atoms with Gasteiger partial charge in [-0.25, -0.2) is 9.59 Å². The standard InChI is InChI=1S/C47H85N5O9Si/c1-32(2)30-52(44(48)55)43(54)38(34(5)6)28-41(61-62(14,15)47(10,11)12)39(50-45(56)60-46(7,8)9)27-36(33(3)4)29-49-42(53)37-19-18-35(31-51-20-24-58-25-21-51)26-40(37)59-23-17-16-22-57-13/h18-19,26,32-34,36,38-39,41H,16-17,20-25,27-31H2,1-15H3,(H2,48,55)(H,49,53)(H,50,56). The van der Waals surface area contributed by atoms with Gasteiger partial charge in [0, 0.05) is 52.4 Å². The Balaban J connectivity index is 2.57. The van der Waals surface area contributed by atoms with E-state index in [1.54, 1.807) is 7.11 Å². The van der Waals surface area contributed by atoms with Gasteiger partial charge < -0.3 is 39.7 Å². The van der Waals surface area contributed by atoms with Crippen molar-refractivity contribution >= 4 is 32.3 Å². The number of unbranched alkanes of at least 4 members (excludes halogenated alkanes) is 1. The van der Waals surface area contributed by atoms with Crippen molar-refractivity contribution in [3.8, 4) is 5.75 Å². The van der Waals surface area contributed by atoms with Gasteiger partial charge in [-0.15, -0.1) is 0 Å². The van der Waals surface area contributed by atoms with Crippen LogP contribution in [-0.4, -0.2) is 120 Å². The van der Waals surface area contributed by atoms with Gasteiger partial charge in [0.2, 0.25) is 5.91 Å². The number of imide groups is 1. The molecule has 4 N–H and O–H groups in total. The number of hydrogen-bond acceptors (Lipinski definition) is 10. The summed E-state index contributed by atoms with van der Waals surface area (Å²) in [6.07, 6.45) is 1.00. The monoisotopic (exact) mass is 892 g/mol. The molecular formula is C47H85N5O9Si. The number of methoxy groups -OCH3 is 1. The molecule has 4 atom stereocenters. The smallest absolute Gasteiger partial charge is 0.407 e. The third-order valence-electron chi connectivity index (χ3n) is 11.9. The van der Waals surface area contributed by atoms with Crippen molar-refractivity contribution in [3.63, 3.8) is 0 Å². The predicted octanol–water partition coefficient (Wildman–Crippen LogP) is 8.23. The lowest BCUT2D eigenvalue weighted by Gasteiger charge is -2.44. The number of nitrogens with zero attached hydrogens (tertiary/aromatic N) is 2. The molecule has 1 aliphatic heterocycles. The lowest BCUT2D eigenvalue weighted by Crippen LogP contribution is -2.55. The van der Waals surface area contributed by atoms with E-state index in [1.165, 1.54) is 0 Å². The molecule has 1 heterocycles. The lowest BCUT2D eigenvalue weighted by molar-refractivity contribution is -0.135. The molecule has 0 saturated carbocycles. The number of nitrogens with one attached hydrogen (secondary N) is 2. The molecule has 356 valence electrons. The minimum atomic E-state index is -2.55. The molecule has 1 aromatic carbocycles. The van der Waals surface area contributed by atoms with Gasteiger partial charge in [0.15, 0.2) is 8.32 Å². The number of nitrogens with two attached hydrogens (primary N) is 1. The Kier molecular flexibility index (Phi) is 22.4. The number of alkyl carbamates (subject to hydrolysis) is 1. The Hall–Kier alpha value is -3.24. The van der Waals surface area contributed by atoms with E-state index in [4.69, 9.17) is 29.1 Å². The first kappa shape index (κ1) is 54.9. The molecule has 0 bridgehead atoms. The second-order valence-electron chi connectivity index (χ2n) is 20.7. The highest BCUT2D eigenvalue weighted by Crippen LogP contribution is 2.40. The molecule has 1 aromatic rings. The van der Waals surface area contributed by atoms with E-state index < -0.39 is 44.1 Å². The fourth-order valence-corrected chi connectivity index (χ4v) is 8.50. The van der Waals surface area contributed by atoms with Gasteiger partial charge in [0.1, 0.15) is 11.4 Å². The van der Waals surface area contributed by atoms with E-state index in [-0.39, 0.29) is 53.5 Å². The van der Waals surface area contributed by atoms with Crippen LogP contribution >= 0.6 is 0 Å². The van der Waals surface area contributed by atoms with Crippen LogP contribution < -0.4 is 21.1 Å². The molecule has 62 heavy (non-hydrogen) atoms. The zero-order chi connectivity index (χ0) is 47.0. The maximum atomic E-state index is 14.3. The highest BCUT2D eigenvalue weighted by atomic mass is 28.4. The molecule has 15 heteroatoms. The van der Waals surface area contributed by atoms with Gasteiger partial charge in [0.05, 0.1) is 37.5 Å². The number of morpholine rings is 1. The SMILES string of the molecule is COCCCCOc1cc(CN2CCOCC2)ccc1C(=O)NCC(CC(NC(=O)OC(C)(C)C)C(CC(C(=O)N(CC(C)C)C(N)=O)C(C)C)O[Si](C)(C)C(C)(C)C)C(C)C. The first-order valence-corrected chi connectivity index (χ1v) is 25.8.